The molecule has 0 radical (unpaired) electrons. The van der Waals surface area contributed by atoms with Crippen LogP contribution in [-0.4, -0.2) is 35.0 Å². The summed E-state index contributed by atoms with van der Waals surface area (Å²) in [5, 5.41) is 31.0. The van der Waals surface area contributed by atoms with E-state index in [4.69, 9.17) is 9.94 Å². The minimum absolute atomic E-state index is 0.0489. The van der Waals surface area contributed by atoms with Crippen LogP contribution >= 0.6 is 0 Å². The Bertz CT molecular complexity index is 1100. The number of carbonyl (C=O) groups excluding carboxylic acids is 1. The van der Waals surface area contributed by atoms with Gasteiger partial charge in [0.05, 0.1) is 0 Å². The summed E-state index contributed by atoms with van der Waals surface area (Å²) in [7, 11) is 0. The summed E-state index contributed by atoms with van der Waals surface area (Å²) < 4.78 is 5.41. The maximum absolute atomic E-state index is 12.4. The lowest BCUT2D eigenvalue weighted by molar-refractivity contribution is -0.991. The fourth-order valence-electron chi connectivity index (χ4n) is 4.05. The number of aliphatic carboxylic acids is 1. The third-order valence-electron chi connectivity index (χ3n) is 5.55. The van der Waals surface area contributed by atoms with Crippen LogP contribution in [0.25, 0.3) is 11.1 Å². The first-order valence-electron chi connectivity index (χ1n) is 10.1. The Kier molecular flexibility index (Phi) is 6.18. The number of ether oxygens (including phenoxy) is 1. The molecule has 0 aliphatic heterocycles. The smallest absolute Gasteiger partial charge is 0.407 e. The second-order valence-corrected chi connectivity index (χ2v) is 7.57. The van der Waals surface area contributed by atoms with E-state index in [-0.39, 0.29) is 24.6 Å². The molecule has 1 amide bonds. The molecule has 4 N–H and O–H groups in total. The van der Waals surface area contributed by atoms with Gasteiger partial charge >= 0.3 is 12.1 Å². The highest BCUT2D eigenvalue weighted by Crippen LogP contribution is 2.44. The number of carboxylic acid groups (broad SMARTS) is 1. The van der Waals surface area contributed by atoms with Crippen molar-refractivity contribution < 1.29 is 29.9 Å². The number of quaternary nitrogens is 1. The predicted molar refractivity (Wildman–Crippen MR) is 116 cm³/mol. The molecule has 0 heterocycles. The molecule has 32 heavy (non-hydrogen) atoms. The van der Waals surface area contributed by atoms with Crippen molar-refractivity contribution >= 4 is 17.7 Å². The Balaban J connectivity index is 1.43. The fourth-order valence-corrected chi connectivity index (χ4v) is 4.05. The Morgan fingerprint density at radius 3 is 2.22 bits per heavy atom. The molecule has 0 saturated heterocycles. The number of hydrogen-bond acceptors (Lipinski definition) is 5. The SMILES string of the molecule is O=C(N[C@@H](Cc1cccc([NH+]([O-])O)c1)C(=O)O)OCC1c2ccccc2-c2ccccc21. The molecule has 3 aromatic rings. The van der Waals surface area contributed by atoms with Gasteiger partial charge in [-0.1, -0.05) is 60.7 Å². The van der Waals surface area contributed by atoms with Crippen LogP contribution in [0.4, 0.5) is 10.5 Å². The van der Waals surface area contributed by atoms with E-state index < -0.39 is 23.3 Å². The highest BCUT2D eigenvalue weighted by molar-refractivity contribution is 5.81. The van der Waals surface area contributed by atoms with Crippen molar-refractivity contribution in [3.63, 3.8) is 0 Å². The monoisotopic (exact) mass is 434 g/mol. The molecule has 4 rings (SSSR count). The Morgan fingerprint density at radius 1 is 1.00 bits per heavy atom. The van der Waals surface area contributed by atoms with Crippen LogP contribution in [0.3, 0.4) is 0 Å². The number of alkyl carbamates (subject to hydrolysis) is 1. The Labute approximate surface area is 184 Å². The highest BCUT2D eigenvalue weighted by Gasteiger charge is 2.29. The van der Waals surface area contributed by atoms with Crippen LogP contribution in [0.5, 0.6) is 0 Å². The summed E-state index contributed by atoms with van der Waals surface area (Å²) in [6.07, 6.45) is -0.908. The van der Waals surface area contributed by atoms with Crippen molar-refractivity contribution in [3.8, 4) is 11.1 Å². The van der Waals surface area contributed by atoms with E-state index in [1.165, 1.54) is 18.2 Å². The van der Waals surface area contributed by atoms with E-state index in [1.807, 2.05) is 48.5 Å². The molecular weight excluding hydrogens is 412 g/mol. The lowest BCUT2D eigenvalue weighted by atomic mass is 9.98. The fraction of sp³-hybridized carbons (Fsp3) is 0.167. The zero-order chi connectivity index (χ0) is 22.7. The normalized spacial score (nSPS) is 14.2. The van der Waals surface area contributed by atoms with Crippen LogP contribution in [-0.2, 0) is 16.0 Å². The van der Waals surface area contributed by atoms with Crippen LogP contribution < -0.4 is 10.5 Å². The van der Waals surface area contributed by atoms with Gasteiger partial charge in [-0.25, -0.2) is 14.8 Å². The molecule has 3 aromatic carbocycles. The second-order valence-electron chi connectivity index (χ2n) is 7.57. The molecule has 164 valence electrons. The van der Waals surface area contributed by atoms with Gasteiger partial charge in [0, 0.05) is 24.5 Å². The molecule has 0 spiro atoms. The lowest BCUT2D eigenvalue weighted by Crippen LogP contribution is -2.99. The van der Waals surface area contributed by atoms with Gasteiger partial charge in [-0.2, -0.15) is 5.23 Å². The number of fused-ring (bicyclic) bond motifs is 3. The van der Waals surface area contributed by atoms with Gasteiger partial charge < -0.3 is 20.4 Å². The van der Waals surface area contributed by atoms with Crippen molar-refractivity contribution in [2.24, 2.45) is 0 Å². The average Bonchev–Trinajstić information content (AvgIpc) is 3.11. The van der Waals surface area contributed by atoms with Crippen molar-refractivity contribution in [2.45, 2.75) is 18.4 Å². The minimum Gasteiger partial charge on any atom is -0.595 e. The minimum atomic E-state index is -1.25. The van der Waals surface area contributed by atoms with Gasteiger partial charge in [0.1, 0.15) is 12.6 Å². The molecule has 1 aliphatic carbocycles. The van der Waals surface area contributed by atoms with Crippen molar-refractivity contribution in [1.29, 1.82) is 0 Å². The molecule has 1 unspecified atom stereocenters. The lowest BCUT2D eigenvalue weighted by Gasteiger charge is -2.18. The maximum atomic E-state index is 12.4. The van der Waals surface area contributed by atoms with Gasteiger partial charge in [0.25, 0.3) is 0 Å². The third kappa shape index (κ3) is 4.47. The van der Waals surface area contributed by atoms with Gasteiger partial charge in [0.15, 0.2) is 5.69 Å². The zero-order valence-corrected chi connectivity index (χ0v) is 17.0. The van der Waals surface area contributed by atoms with E-state index >= 15 is 0 Å². The highest BCUT2D eigenvalue weighted by atomic mass is 16.8. The molecular formula is C24H22N2O6. The molecule has 8 heteroatoms. The standard InChI is InChI=1S/C24H22N2O6/c27-23(28)22(13-15-6-5-7-16(12-15)26(30)31)25-24(29)32-14-21-19-10-3-1-8-17(19)18-9-2-4-11-20(18)21/h1-12,21-22,26,30H,13-14H2,(H,25,29)(H,27,28)/t22-/m0/s1. The summed E-state index contributed by atoms with van der Waals surface area (Å²) in [6.45, 7) is 0.0701. The second kappa shape index (κ2) is 9.19. The first-order valence-corrected chi connectivity index (χ1v) is 10.1. The number of hydrogen-bond donors (Lipinski definition) is 4. The van der Waals surface area contributed by atoms with E-state index in [0.717, 1.165) is 22.3 Å². The van der Waals surface area contributed by atoms with E-state index in [0.29, 0.717) is 5.56 Å². The summed E-state index contributed by atoms with van der Waals surface area (Å²) in [4.78, 5) is 24.1. The van der Waals surface area contributed by atoms with Crippen molar-refractivity contribution in [2.75, 3.05) is 6.61 Å². The average molecular weight is 434 g/mol. The molecule has 8 nitrogen and oxygen atoms in total. The zero-order valence-electron chi connectivity index (χ0n) is 17.0. The molecule has 0 bridgehead atoms. The predicted octanol–water partition coefficient (Wildman–Crippen LogP) is 2.62. The quantitative estimate of drug-likeness (QED) is 0.424. The summed E-state index contributed by atoms with van der Waals surface area (Å²) in [5.74, 6) is -1.37. The number of nitrogens with one attached hydrogen (secondary N) is 2. The van der Waals surface area contributed by atoms with Crippen molar-refractivity contribution in [1.82, 2.24) is 5.32 Å². The van der Waals surface area contributed by atoms with Crippen LogP contribution in [0.2, 0.25) is 0 Å². The first-order chi connectivity index (χ1) is 15.4. The number of carbonyl (C=O) groups is 2. The largest absolute Gasteiger partial charge is 0.595 e. The van der Waals surface area contributed by atoms with Gasteiger partial charge in [0.2, 0.25) is 0 Å². The molecule has 2 atom stereocenters. The van der Waals surface area contributed by atoms with Crippen LogP contribution in [0, 0.1) is 5.21 Å². The topological polar surface area (TPSA) is 123 Å². The Hall–Kier alpha value is -3.72. The van der Waals surface area contributed by atoms with Gasteiger partial charge in [-0.3, -0.25) is 0 Å². The molecule has 0 aromatic heterocycles. The van der Waals surface area contributed by atoms with E-state index in [2.05, 4.69) is 5.32 Å². The number of rotatable bonds is 7. The molecule has 0 saturated carbocycles. The van der Waals surface area contributed by atoms with Gasteiger partial charge in [-0.15, -0.1) is 0 Å². The number of amides is 1. The maximum Gasteiger partial charge on any atom is 0.407 e. The Morgan fingerprint density at radius 2 is 1.62 bits per heavy atom. The summed E-state index contributed by atoms with van der Waals surface area (Å²) in [6, 6.07) is 20.5. The third-order valence-corrected chi connectivity index (χ3v) is 5.55. The van der Waals surface area contributed by atoms with E-state index in [9.17, 15) is 19.9 Å². The van der Waals surface area contributed by atoms with Gasteiger partial charge in [-0.05, 0) is 27.8 Å². The van der Waals surface area contributed by atoms with E-state index in [1.54, 1.807) is 6.07 Å². The molecule has 1 aliphatic rings. The first kappa shape index (κ1) is 21.5. The number of benzene rings is 3. The molecule has 0 fully saturated rings. The summed E-state index contributed by atoms with van der Waals surface area (Å²) in [5.41, 5.74) is 4.84. The summed E-state index contributed by atoms with van der Waals surface area (Å²) >= 11 is 0. The number of carboxylic acids is 1. The van der Waals surface area contributed by atoms with Crippen molar-refractivity contribution in [3.05, 3.63) is 94.7 Å². The van der Waals surface area contributed by atoms with Crippen LogP contribution in [0.15, 0.2) is 72.8 Å². The van der Waals surface area contributed by atoms with Crippen LogP contribution in [0.1, 0.15) is 22.6 Å².